The quantitative estimate of drug-likeness (QED) is 0.913. The predicted octanol–water partition coefficient (Wildman–Crippen LogP) is 3.99. The molecule has 2 aliphatic rings. The van der Waals surface area contributed by atoms with Crippen LogP contribution in [0.4, 0.5) is 0 Å². The summed E-state index contributed by atoms with van der Waals surface area (Å²) in [6, 6.07) is 10.2. The smallest absolute Gasteiger partial charge is 0.220 e. The van der Waals surface area contributed by atoms with Crippen molar-refractivity contribution >= 4 is 5.91 Å². The molecule has 126 valence electrons. The summed E-state index contributed by atoms with van der Waals surface area (Å²) in [7, 11) is 0. The van der Waals surface area contributed by atoms with E-state index in [-0.39, 0.29) is 11.8 Å². The molecule has 2 fully saturated rings. The molecule has 0 bridgehead atoms. The van der Waals surface area contributed by atoms with Crippen molar-refractivity contribution in [3.63, 3.8) is 0 Å². The van der Waals surface area contributed by atoms with Crippen molar-refractivity contribution in [1.82, 2.24) is 4.90 Å². The van der Waals surface area contributed by atoms with Crippen molar-refractivity contribution in [2.45, 2.75) is 70.4 Å². The predicted molar refractivity (Wildman–Crippen MR) is 94.2 cm³/mol. The minimum atomic E-state index is -0.112. The molecule has 0 aromatic heterocycles. The second kappa shape index (κ2) is 7.04. The highest BCUT2D eigenvalue weighted by atomic mass is 16.1. The molecular formula is C20H30N2O. The van der Waals surface area contributed by atoms with Crippen LogP contribution < -0.4 is 5.73 Å². The number of carbonyl (C=O) groups is 1. The standard InChI is InChI=1S/C20H30N2O/c1-14(2)22-13-5-8-19(22)18-7-4-3-6-17(18)15-9-11-16(12-10-15)20(21)23/h3-4,6-7,14-16,19H,5,8-13H2,1-2H3,(H2,21,23)/t15?,16?,19-/m1/s1. The maximum absolute atomic E-state index is 11.4. The monoisotopic (exact) mass is 314 g/mol. The van der Waals surface area contributed by atoms with Gasteiger partial charge in [0.05, 0.1) is 0 Å². The number of hydrogen-bond acceptors (Lipinski definition) is 2. The number of carbonyl (C=O) groups excluding carboxylic acids is 1. The number of rotatable bonds is 4. The number of nitrogens with zero attached hydrogens (tertiary/aromatic N) is 1. The molecule has 1 aromatic carbocycles. The van der Waals surface area contributed by atoms with Gasteiger partial charge in [0.1, 0.15) is 0 Å². The Bertz CT molecular complexity index is 546. The lowest BCUT2D eigenvalue weighted by atomic mass is 9.76. The zero-order valence-corrected chi connectivity index (χ0v) is 14.5. The fourth-order valence-corrected chi connectivity index (χ4v) is 4.62. The van der Waals surface area contributed by atoms with E-state index in [1.165, 1.54) is 30.5 Å². The molecule has 1 aromatic rings. The van der Waals surface area contributed by atoms with E-state index in [1.54, 1.807) is 0 Å². The van der Waals surface area contributed by atoms with Crippen LogP contribution in [0.2, 0.25) is 0 Å². The van der Waals surface area contributed by atoms with Gasteiger partial charge in [0, 0.05) is 18.0 Å². The second-order valence-corrected chi connectivity index (χ2v) is 7.57. The largest absolute Gasteiger partial charge is 0.369 e. The lowest BCUT2D eigenvalue weighted by Gasteiger charge is -2.33. The van der Waals surface area contributed by atoms with Crippen LogP contribution in [-0.2, 0) is 4.79 Å². The normalized spacial score (nSPS) is 29.1. The number of benzene rings is 1. The molecule has 0 unspecified atom stereocenters. The highest BCUT2D eigenvalue weighted by Crippen LogP contribution is 2.42. The van der Waals surface area contributed by atoms with Gasteiger partial charge in [-0.25, -0.2) is 0 Å². The SMILES string of the molecule is CC(C)N1CCC[C@@H]1c1ccccc1C1CCC(C(N)=O)CC1. The fourth-order valence-electron chi connectivity index (χ4n) is 4.62. The summed E-state index contributed by atoms with van der Waals surface area (Å²) in [5.41, 5.74) is 8.54. The lowest BCUT2D eigenvalue weighted by molar-refractivity contribution is -0.122. The molecule has 1 aliphatic carbocycles. The Morgan fingerprint density at radius 1 is 1.09 bits per heavy atom. The first-order chi connectivity index (χ1) is 11.1. The number of amides is 1. The summed E-state index contributed by atoms with van der Waals surface area (Å²) in [6.07, 6.45) is 6.66. The molecule has 0 spiro atoms. The van der Waals surface area contributed by atoms with Crippen LogP contribution in [0.3, 0.4) is 0 Å². The number of hydrogen-bond donors (Lipinski definition) is 1. The van der Waals surface area contributed by atoms with E-state index in [1.807, 2.05) is 0 Å². The molecule has 3 rings (SSSR count). The minimum absolute atomic E-state index is 0.0945. The molecule has 3 heteroatoms. The summed E-state index contributed by atoms with van der Waals surface area (Å²) < 4.78 is 0. The van der Waals surface area contributed by atoms with E-state index >= 15 is 0 Å². The van der Waals surface area contributed by atoms with E-state index in [9.17, 15) is 4.79 Å². The van der Waals surface area contributed by atoms with Crippen LogP contribution in [-0.4, -0.2) is 23.4 Å². The van der Waals surface area contributed by atoms with Gasteiger partial charge in [-0.1, -0.05) is 24.3 Å². The third kappa shape index (κ3) is 3.45. The zero-order valence-electron chi connectivity index (χ0n) is 14.5. The average molecular weight is 314 g/mol. The van der Waals surface area contributed by atoms with Crippen molar-refractivity contribution < 1.29 is 4.79 Å². The molecule has 1 heterocycles. The molecule has 1 amide bonds. The molecule has 1 atom stereocenters. The summed E-state index contributed by atoms with van der Waals surface area (Å²) in [6.45, 7) is 5.82. The molecular weight excluding hydrogens is 284 g/mol. The van der Waals surface area contributed by atoms with Gasteiger partial charge in [-0.3, -0.25) is 9.69 Å². The maximum Gasteiger partial charge on any atom is 0.220 e. The molecule has 1 saturated carbocycles. The van der Waals surface area contributed by atoms with Gasteiger partial charge in [-0.05, 0) is 76.0 Å². The van der Waals surface area contributed by atoms with Crippen LogP contribution in [0.5, 0.6) is 0 Å². The third-order valence-corrected chi connectivity index (χ3v) is 5.88. The van der Waals surface area contributed by atoms with Crippen LogP contribution >= 0.6 is 0 Å². The highest BCUT2D eigenvalue weighted by molar-refractivity contribution is 5.76. The van der Waals surface area contributed by atoms with Crippen LogP contribution in [0.1, 0.15) is 75.5 Å². The Kier molecular flexibility index (Phi) is 5.05. The summed E-state index contributed by atoms with van der Waals surface area (Å²) in [4.78, 5) is 14.1. The van der Waals surface area contributed by atoms with Crippen molar-refractivity contribution in [2.24, 2.45) is 11.7 Å². The van der Waals surface area contributed by atoms with E-state index in [0.717, 1.165) is 25.7 Å². The van der Waals surface area contributed by atoms with Gasteiger partial charge in [0.15, 0.2) is 0 Å². The average Bonchev–Trinajstić information content (AvgIpc) is 3.05. The van der Waals surface area contributed by atoms with E-state index < -0.39 is 0 Å². The maximum atomic E-state index is 11.4. The topological polar surface area (TPSA) is 46.3 Å². The van der Waals surface area contributed by atoms with Crippen LogP contribution in [0, 0.1) is 5.92 Å². The van der Waals surface area contributed by atoms with Crippen molar-refractivity contribution in [3.8, 4) is 0 Å². The molecule has 23 heavy (non-hydrogen) atoms. The molecule has 0 radical (unpaired) electrons. The van der Waals surface area contributed by atoms with Crippen LogP contribution in [0.15, 0.2) is 24.3 Å². The third-order valence-electron chi connectivity index (χ3n) is 5.88. The van der Waals surface area contributed by atoms with Crippen molar-refractivity contribution in [3.05, 3.63) is 35.4 Å². The number of nitrogens with two attached hydrogens (primary N) is 1. The Morgan fingerprint density at radius 2 is 1.74 bits per heavy atom. The lowest BCUT2D eigenvalue weighted by Crippen LogP contribution is -2.31. The summed E-state index contributed by atoms with van der Waals surface area (Å²) >= 11 is 0. The van der Waals surface area contributed by atoms with Crippen molar-refractivity contribution in [1.29, 1.82) is 0 Å². The van der Waals surface area contributed by atoms with Crippen molar-refractivity contribution in [2.75, 3.05) is 6.54 Å². The van der Waals surface area contributed by atoms with Gasteiger partial charge < -0.3 is 5.73 Å². The van der Waals surface area contributed by atoms with E-state index in [2.05, 4.69) is 43.0 Å². The fraction of sp³-hybridized carbons (Fsp3) is 0.650. The molecule has 3 nitrogen and oxygen atoms in total. The first-order valence-corrected chi connectivity index (χ1v) is 9.21. The van der Waals surface area contributed by atoms with E-state index in [4.69, 9.17) is 5.73 Å². The highest BCUT2D eigenvalue weighted by Gasteiger charge is 2.32. The molecule has 1 aliphatic heterocycles. The molecule has 1 saturated heterocycles. The van der Waals surface area contributed by atoms with Gasteiger partial charge in [0.2, 0.25) is 5.91 Å². The second-order valence-electron chi connectivity index (χ2n) is 7.57. The van der Waals surface area contributed by atoms with Gasteiger partial charge >= 0.3 is 0 Å². The van der Waals surface area contributed by atoms with Gasteiger partial charge in [0.25, 0.3) is 0 Å². The van der Waals surface area contributed by atoms with Gasteiger partial charge in [-0.15, -0.1) is 0 Å². The number of primary amides is 1. The molecule has 2 N–H and O–H groups in total. The number of likely N-dealkylation sites (tertiary alicyclic amines) is 1. The first-order valence-electron chi connectivity index (χ1n) is 9.21. The Morgan fingerprint density at radius 3 is 2.35 bits per heavy atom. The van der Waals surface area contributed by atoms with Gasteiger partial charge in [-0.2, -0.15) is 0 Å². The van der Waals surface area contributed by atoms with Crippen LogP contribution in [0.25, 0.3) is 0 Å². The Labute approximate surface area is 140 Å². The Hall–Kier alpha value is -1.35. The Balaban J connectivity index is 1.80. The minimum Gasteiger partial charge on any atom is -0.369 e. The van der Waals surface area contributed by atoms with E-state index in [0.29, 0.717) is 18.0 Å². The first kappa shape index (κ1) is 16.5. The zero-order chi connectivity index (χ0) is 16.4. The summed E-state index contributed by atoms with van der Waals surface area (Å²) in [5, 5.41) is 0. The summed E-state index contributed by atoms with van der Waals surface area (Å²) in [5.74, 6) is 0.576.